The van der Waals surface area contributed by atoms with Crippen LogP contribution >= 0.6 is 11.3 Å². The van der Waals surface area contributed by atoms with E-state index in [2.05, 4.69) is 5.10 Å². The number of benzene rings is 3. The Morgan fingerprint density at radius 1 is 0.914 bits per heavy atom. The van der Waals surface area contributed by atoms with Gasteiger partial charge in [0.25, 0.3) is 0 Å². The number of aromatic nitrogens is 1. The molecule has 2 heterocycles. The molecule has 4 nitrogen and oxygen atoms in total. The van der Waals surface area contributed by atoms with E-state index in [1.54, 1.807) is 10.7 Å². The third-order valence-electron chi connectivity index (χ3n) is 5.55. The van der Waals surface area contributed by atoms with Crippen LogP contribution in [0.15, 0.2) is 92.7 Å². The van der Waals surface area contributed by atoms with Crippen molar-refractivity contribution in [3.8, 4) is 11.5 Å². The Balaban J connectivity index is 1.67. The molecule has 0 amide bonds. The highest BCUT2D eigenvalue weighted by atomic mass is 32.1. The first-order valence-electron chi connectivity index (χ1n) is 10.8. The van der Waals surface area contributed by atoms with Crippen molar-refractivity contribution in [1.29, 1.82) is 0 Å². The molecule has 2 aromatic heterocycles. The summed E-state index contributed by atoms with van der Waals surface area (Å²) < 4.78 is 47.2. The van der Waals surface area contributed by atoms with Crippen molar-refractivity contribution in [2.24, 2.45) is 10.1 Å². The summed E-state index contributed by atoms with van der Waals surface area (Å²) in [6.45, 7) is 3.96. The van der Waals surface area contributed by atoms with E-state index in [4.69, 9.17) is 9.41 Å². The summed E-state index contributed by atoms with van der Waals surface area (Å²) in [5, 5.41) is 7.37. The molecule has 0 aliphatic carbocycles. The molecule has 0 atom stereocenters. The van der Waals surface area contributed by atoms with E-state index >= 15 is 0 Å². The van der Waals surface area contributed by atoms with Crippen molar-refractivity contribution in [2.45, 2.75) is 20.0 Å². The van der Waals surface area contributed by atoms with Gasteiger partial charge in [0.05, 0.1) is 17.5 Å². The summed E-state index contributed by atoms with van der Waals surface area (Å²) in [4.78, 5) is 5.43. The average molecular weight is 492 g/mol. The van der Waals surface area contributed by atoms with E-state index in [9.17, 15) is 13.2 Å². The Morgan fingerprint density at radius 3 is 2.40 bits per heavy atom. The summed E-state index contributed by atoms with van der Waals surface area (Å²) in [7, 11) is 0. The molecule has 8 heteroatoms. The molecule has 0 N–H and O–H groups in total. The lowest BCUT2D eigenvalue weighted by atomic mass is 10.1. The number of furan rings is 1. The molecule has 0 saturated heterocycles. The van der Waals surface area contributed by atoms with Crippen molar-refractivity contribution in [2.75, 3.05) is 0 Å². The van der Waals surface area contributed by atoms with Gasteiger partial charge in [-0.25, -0.2) is 9.67 Å². The second kappa shape index (κ2) is 9.03. The van der Waals surface area contributed by atoms with Crippen LogP contribution in [0.2, 0.25) is 0 Å². The minimum Gasteiger partial charge on any atom is -0.454 e. The number of alkyl halides is 3. The molecule has 35 heavy (non-hydrogen) atoms. The minimum atomic E-state index is -4.43. The molecule has 5 rings (SSSR count). The zero-order chi connectivity index (χ0) is 24.6. The highest BCUT2D eigenvalue weighted by Crippen LogP contribution is 2.30. The second-order valence-corrected chi connectivity index (χ2v) is 8.92. The number of aryl methyl sites for hydroxylation is 2. The minimum absolute atomic E-state index is 0.326. The largest absolute Gasteiger partial charge is 0.454 e. The molecule has 0 aliphatic rings. The van der Waals surface area contributed by atoms with Crippen LogP contribution in [-0.4, -0.2) is 10.9 Å². The van der Waals surface area contributed by atoms with Gasteiger partial charge < -0.3 is 4.42 Å². The van der Waals surface area contributed by atoms with Gasteiger partial charge in [0, 0.05) is 10.8 Å². The lowest BCUT2D eigenvalue weighted by Gasteiger charge is -2.07. The van der Waals surface area contributed by atoms with Gasteiger partial charge in [0.1, 0.15) is 11.3 Å². The molecule has 0 fully saturated rings. The number of hydrogen-bond acceptors (Lipinski definition) is 4. The summed E-state index contributed by atoms with van der Waals surface area (Å²) in [5.41, 5.74) is 3.83. The fraction of sp³-hybridized carbons (Fsp3) is 0.111. The predicted molar refractivity (Wildman–Crippen MR) is 133 cm³/mol. The molecule has 0 radical (unpaired) electrons. The summed E-state index contributed by atoms with van der Waals surface area (Å²) in [5.74, 6) is 0.589. The van der Waals surface area contributed by atoms with Gasteiger partial charge in [-0.1, -0.05) is 48.5 Å². The molecule has 0 saturated carbocycles. The maximum absolute atomic E-state index is 13.2. The van der Waals surface area contributed by atoms with Gasteiger partial charge in [0.2, 0.25) is 4.80 Å². The Hall–Kier alpha value is -3.91. The zero-order valence-corrected chi connectivity index (χ0v) is 19.7. The first-order valence-corrected chi connectivity index (χ1v) is 11.7. The molecular weight excluding hydrogens is 471 g/mol. The van der Waals surface area contributed by atoms with Crippen LogP contribution in [0.25, 0.3) is 22.4 Å². The lowest BCUT2D eigenvalue weighted by Crippen LogP contribution is -2.12. The van der Waals surface area contributed by atoms with Crippen LogP contribution in [0.4, 0.5) is 18.9 Å². The molecule has 3 aromatic carbocycles. The normalized spacial score (nSPS) is 12.8. The van der Waals surface area contributed by atoms with Gasteiger partial charge >= 0.3 is 6.18 Å². The monoisotopic (exact) mass is 491 g/mol. The maximum atomic E-state index is 13.2. The highest BCUT2D eigenvalue weighted by Gasteiger charge is 2.30. The first kappa shape index (κ1) is 22.9. The van der Waals surface area contributed by atoms with Crippen molar-refractivity contribution in [3.63, 3.8) is 0 Å². The zero-order valence-electron chi connectivity index (χ0n) is 18.9. The number of para-hydroxylation sites is 2. The molecule has 0 spiro atoms. The van der Waals surface area contributed by atoms with Crippen LogP contribution in [0.3, 0.4) is 0 Å². The fourth-order valence-electron chi connectivity index (χ4n) is 3.76. The van der Waals surface area contributed by atoms with Crippen LogP contribution in [0.5, 0.6) is 0 Å². The van der Waals surface area contributed by atoms with E-state index < -0.39 is 11.7 Å². The van der Waals surface area contributed by atoms with Gasteiger partial charge in [-0.2, -0.15) is 18.3 Å². The Bertz CT molecular complexity index is 1570. The Kier molecular flexibility index (Phi) is 5.90. The van der Waals surface area contributed by atoms with Crippen LogP contribution < -0.4 is 4.80 Å². The molecule has 0 bridgehead atoms. The quantitative estimate of drug-likeness (QED) is 0.237. The SMILES string of the molecule is Cc1cccc(C)c1N=c1scc(-c2cc3ccccc3o2)n1/N=C\c1cccc(C(F)(F)F)c1. The molecular formula is C27H20F3N3OS. The Labute approximate surface area is 203 Å². The summed E-state index contributed by atoms with van der Waals surface area (Å²) in [6.07, 6.45) is -3.03. The van der Waals surface area contributed by atoms with E-state index in [-0.39, 0.29) is 0 Å². The predicted octanol–water partition coefficient (Wildman–Crippen LogP) is 7.71. The van der Waals surface area contributed by atoms with Crippen molar-refractivity contribution in [3.05, 3.63) is 105 Å². The number of thiazole rings is 1. The van der Waals surface area contributed by atoms with Crippen molar-refractivity contribution in [1.82, 2.24) is 4.68 Å². The van der Waals surface area contributed by atoms with Crippen molar-refractivity contribution >= 4 is 34.2 Å². The maximum Gasteiger partial charge on any atom is 0.416 e. The van der Waals surface area contributed by atoms with E-state index in [0.717, 1.165) is 39.9 Å². The Morgan fingerprint density at radius 2 is 1.66 bits per heavy atom. The van der Waals surface area contributed by atoms with Gasteiger partial charge in [-0.15, -0.1) is 11.3 Å². The van der Waals surface area contributed by atoms with Crippen molar-refractivity contribution < 1.29 is 17.6 Å². The number of hydrogen-bond donors (Lipinski definition) is 0. The number of halogens is 3. The first-order chi connectivity index (χ1) is 16.8. The topological polar surface area (TPSA) is 42.8 Å². The van der Waals surface area contributed by atoms with Crippen LogP contribution in [0.1, 0.15) is 22.3 Å². The standard InChI is InChI=1S/C27H20F3N3OS/c1-17-7-5-8-18(2)25(17)32-26-33(31-15-19-9-6-11-21(13-19)27(28,29)30)22(16-35-26)24-14-20-10-3-4-12-23(20)34-24/h3-16H,1-2H3/b31-15-,32-26?. The van der Waals surface area contributed by atoms with Crippen LogP contribution in [0, 0.1) is 13.8 Å². The summed E-state index contributed by atoms with van der Waals surface area (Å²) >= 11 is 1.38. The highest BCUT2D eigenvalue weighted by molar-refractivity contribution is 7.07. The molecule has 0 unspecified atom stereocenters. The number of rotatable bonds is 4. The molecule has 5 aromatic rings. The number of nitrogens with zero attached hydrogens (tertiary/aromatic N) is 3. The number of fused-ring (bicyclic) bond motifs is 1. The van der Waals surface area contributed by atoms with Gasteiger partial charge in [0.15, 0.2) is 5.76 Å². The molecule has 176 valence electrons. The van der Waals surface area contributed by atoms with E-state index in [1.807, 2.05) is 67.8 Å². The fourth-order valence-corrected chi connectivity index (χ4v) is 4.59. The smallest absolute Gasteiger partial charge is 0.416 e. The molecule has 0 aliphatic heterocycles. The average Bonchev–Trinajstić information content (AvgIpc) is 3.43. The second-order valence-electron chi connectivity index (χ2n) is 8.08. The van der Waals surface area contributed by atoms with E-state index in [1.165, 1.54) is 23.6 Å². The third-order valence-corrected chi connectivity index (χ3v) is 6.36. The van der Waals surface area contributed by atoms with Crippen LogP contribution in [-0.2, 0) is 6.18 Å². The van der Waals surface area contributed by atoms with Gasteiger partial charge in [-0.3, -0.25) is 0 Å². The van der Waals surface area contributed by atoms with E-state index in [0.29, 0.717) is 21.8 Å². The lowest BCUT2D eigenvalue weighted by molar-refractivity contribution is -0.137. The van der Waals surface area contributed by atoms with Gasteiger partial charge in [-0.05, 0) is 54.8 Å². The third kappa shape index (κ3) is 4.70. The summed E-state index contributed by atoms with van der Waals surface area (Å²) in [6, 6.07) is 20.5.